The van der Waals surface area contributed by atoms with Crippen LogP contribution in [0, 0.1) is 0 Å². The standard InChI is InChI=1S/C27H34N2O2/c1-18-15-17-29-22-11-7-6-10-21(22)24(19-8-4-3-5-9-19)26(29)25-20(14-16-28)12-13-23(30-2)27(25)31-18/h6-7,10-13,18-19H,3-5,8-9,14-17,28H2,1-2H3. The van der Waals surface area contributed by atoms with Crippen molar-refractivity contribution < 1.29 is 9.47 Å². The third kappa shape index (κ3) is 3.51. The summed E-state index contributed by atoms with van der Waals surface area (Å²) in [7, 11) is 1.74. The maximum Gasteiger partial charge on any atom is 0.171 e. The van der Waals surface area contributed by atoms with E-state index in [1.807, 2.05) is 6.07 Å². The van der Waals surface area contributed by atoms with Crippen molar-refractivity contribution in [3.8, 4) is 22.8 Å². The van der Waals surface area contributed by atoms with Gasteiger partial charge in [0.25, 0.3) is 0 Å². The molecule has 1 unspecified atom stereocenters. The van der Waals surface area contributed by atoms with E-state index in [1.54, 1.807) is 7.11 Å². The number of fused-ring (bicyclic) bond motifs is 5. The van der Waals surface area contributed by atoms with E-state index in [1.165, 1.54) is 65.4 Å². The normalized spacial score (nSPS) is 19.3. The summed E-state index contributed by atoms with van der Waals surface area (Å²) in [5.74, 6) is 2.30. The lowest BCUT2D eigenvalue weighted by Crippen LogP contribution is -2.20. The molecule has 4 nitrogen and oxygen atoms in total. The van der Waals surface area contributed by atoms with E-state index >= 15 is 0 Å². The van der Waals surface area contributed by atoms with E-state index in [9.17, 15) is 0 Å². The van der Waals surface area contributed by atoms with Crippen LogP contribution < -0.4 is 15.2 Å². The Labute approximate surface area is 185 Å². The summed E-state index contributed by atoms with van der Waals surface area (Å²) in [4.78, 5) is 0. The predicted molar refractivity (Wildman–Crippen MR) is 127 cm³/mol. The van der Waals surface area contributed by atoms with Crippen LogP contribution in [0.3, 0.4) is 0 Å². The minimum atomic E-state index is 0.119. The number of rotatable bonds is 4. The molecule has 31 heavy (non-hydrogen) atoms. The molecule has 2 N–H and O–H groups in total. The van der Waals surface area contributed by atoms with Gasteiger partial charge in [0.05, 0.1) is 18.9 Å². The number of hydrogen-bond donors (Lipinski definition) is 1. The second-order valence-electron chi connectivity index (χ2n) is 9.15. The van der Waals surface area contributed by atoms with Crippen LogP contribution in [0.5, 0.6) is 11.5 Å². The number of aryl methyl sites for hydroxylation is 1. The Morgan fingerprint density at radius 2 is 1.87 bits per heavy atom. The number of para-hydroxylation sites is 1. The van der Waals surface area contributed by atoms with Gasteiger partial charge in [-0.3, -0.25) is 0 Å². The number of benzene rings is 2. The average molecular weight is 419 g/mol. The Hall–Kier alpha value is -2.46. The largest absolute Gasteiger partial charge is 0.493 e. The summed E-state index contributed by atoms with van der Waals surface area (Å²) in [6.07, 6.45) is 8.44. The van der Waals surface area contributed by atoms with Crippen LogP contribution in [0.2, 0.25) is 0 Å². The molecule has 1 aliphatic carbocycles. The summed E-state index contributed by atoms with van der Waals surface area (Å²) < 4.78 is 14.9. The minimum Gasteiger partial charge on any atom is -0.493 e. The lowest BCUT2D eigenvalue weighted by molar-refractivity contribution is 0.194. The number of aromatic nitrogens is 1. The van der Waals surface area contributed by atoms with Crippen LogP contribution in [0.25, 0.3) is 22.2 Å². The number of ether oxygens (including phenoxy) is 2. The van der Waals surface area contributed by atoms with Crippen LogP contribution in [0.1, 0.15) is 62.5 Å². The summed E-state index contributed by atoms with van der Waals surface area (Å²) in [6, 6.07) is 13.2. The van der Waals surface area contributed by atoms with Crippen LogP contribution >= 0.6 is 0 Å². The maximum atomic E-state index is 6.56. The maximum absolute atomic E-state index is 6.56. The highest BCUT2D eigenvalue weighted by Crippen LogP contribution is 2.50. The quantitative estimate of drug-likeness (QED) is 0.562. The molecule has 164 valence electrons. The van der Waals surface area contributed by atoms with Gasteiger partial charge in [-0.05, 0) is 61.9 Å². The zero-order valence-corrected chi connectivity index (χ0v) is 18.8. The first kappa shape index (κ1) is 20.4. The van der Waals surface area contributed by atoms with E-state index in [2.05, 4.69) is 41.8 Å². The van der Waals surface area contributed by atoms with E-state index in [0.717, 1.165) is 30.9 Å². The van der Waals surface area contributed by atoms with Gasteiger partial charge in [0.1, 0.15) is 0 Å². The lowest BCUT2D eigenvalue weighted by atomic mass is 9.81. The molecule has 1 saturated carbocycles. The number of hydrogen-bond acceptors (Lipinski definition) is 3. The van der Waals surface area contributed by atoms with Gasteiger partial charge in [-0.2, -0.15) is 0 Å². The van der Waals surface area contributed by atoms with Crippen molar-refractivity contribution in [1.29, 1.82) is 0 Å². The monoisotopic (exact) mass is 418 g/mol. The van der Waals surface area contributed by atoms with E-state index in [4.69, 9.17) is 15.2 Å². The van der Waals surface area contributed by atoms with Gasteiger partial charge in [-0.15, -0.1) is 0 Å². The molecule has 0 spiro atoms. The van der Waals surface area contributed by atoms with Gasteiger partial charge < -0.3 is 19.8 Å². The van der Waals surface area contributed by atoms with Crippen molar-refractivity contribution in [2.24, 2.45) is 5.73 Å². The van der Waals surface area contributed by atoms with Gasteiger partial charge in [0.2, 0.25) is 0 Å². The summed E-state index contributed by atoms with van der Waals surface area (Å²) in [5.41, 5.74) is 12.7. The van der Waals surface area contributed by atoms with Gasteiger partial charge in [-0.25, -0.2) is 0 Å². The third-order valence-electron chi connectivity index (χ3n) is 7.18. The summed E-state index contributed by atoms with van der Waals surface area (Å²) >= 11 is 0. The molecule has 0 saturated heterocycles. The highest BCUT2D eigenvalue weighted by Gasteiger charge is 2.32. The SMILES string of the molecule is COc1ccc(CCN)c2c1OC(C)CCn1c-2c(C2CCCCC2)c2ccccc21. The highest BCUT2D eigenvalue weighted by atomic mass is 16.5. The molecule has 5 rings (SSSR count). The lowest BCUT2D eigenvalue weighted by Gasteiger charge is -2.29. The van der Waals surface area contributed by atoms with Crippen molar-refractivity contribution in [3.05, 3.63) is 47.5 Å². The topological polar surface area (TPSA) is 49.4 Å². The Balaban J connectivity index is 1.88. The molecule has 1 atom stereocenters. The molecular weight excluding hydrogens is 384 g/mol. The fourth-order valence-electron chi connectivity index (χ4n) is 5.71. The van der Waals surface area contributed by atoms with Gasteiger partial charge in [0.15, 0.2) is 11.5 Å². The van der Waals surface area contributed by atoms with E-state index < -0.39 is 0 Å². The average Bonchev–Trinajstić information content (AvgIpc) is 3.11. The zero-order chi connectivity index (χ0) is 21.4. The molecule has 1 aliphatic heterocycles. The first-order chi connectivity index (χ1) is 15.2. The molecule has 2 aromatic carbocycles. The van der Waals surface area contributed by atoms with Crippen LogP contribution in [-0.2, 0) is 13.0 Å². The second kappa shape index (κ2) is 8.58. The fraction of sp³-hybridized carbons (Fsp3) is 0.481. The predicted octanol–water partition coefficient (Wildman–Crippen LogP) is 6.04. The molecule has 4 heteroatoms. The number of nitrogens with zero attached hydrogens (tertiary/aromatic N) is 1. The van der Waals surface area contributed by atoms with Gasteiger partial charge in [-0.1, -0.05) is 43.5 Å². The second-order valence-corrected chi connectivity index (χ2v) is 9.15. The van der Waals surface area contributed by atoms with Crippen molar-refractivity contribution >= 4 is 10.9 Å². The third-order valence-corrected chi connectivity index (χ3v) is 7.18. The molecule has 0 radical (unpaired) electrons. The molecule has 0 amide bonds. The molecule has 2 heterocycles. The van der Waals surface area contributed by atoms with Crippen LogP contribution in [0.4, 0.5) is 0 Å². The first-order valence-corrected chi connectivity index (χ1v) is 11.9. The van der Waals surface area contributed by atoms with E-state index in [0.29, 0.717) is 12.5 Å². The van der Waals surface area contributed by atoms with Crippen molar-refractivity contribution in [2.75, 3.05) is 13.7 Å². The molecule has 1 aromatic heterocycles. The van der Waals surface area contributed by atoms with Crippen molar-refractivity contribution in [2.45, 2.75) is 70.4 Å². The Bertz CT molecular complexity index is 1080. The molecule has 2 aliphatic rings. The Morgan fingerprint density at radius 3 is 2.65 bits per heavy atom. The summed E-state index contributed by atoms with van der Waals surface area (Å²) in [6.45, 7) is 3.74. The summed E-state index contributed by atoms with van der Waals surface area (Å²) in [5, 5.41) is 1.41. The fourth-order valence-corrected chi connectivity index (χ4v) is 5.71. The smallest absolute Gasteiger partial charge is 0.171 e. The molecular formula is C27H34N2O2. The van der Waals surface area contributed by atoms with Crippen molar-refractivity contribution in [1.82, 2.24) is 4.57 Å². The minimum absolute atomic E-state index is 0.119. The van der Waals surface area contributed by atoms with Crippen molar-refractivity contribution in [3.63, 3.8) is 0 Å². The van der Waals surface area contributed by atoms with E-state index in [-0.39, 0.29) is 6.10 Å². The Morgan fingerprint density at radius 1 is 1.06 bits per heavy atom. The Kier molecular flexibility index (Phi) is 5.66. The number of nitrogens with two attached hydrogens (primary N) is 1. The molecule has 3 aromatic rings. The highest BCUT2D eigenvalue weighted by molar-refractivity contribution is 5.95. The molecule has 1 fully saturated rings. The van der Waals surface area contributed by atoms with Crippen LogP contribution in [0.15, 0.2) is 36.4 Å². The zero-order valence-electron chi connectivity index (χ0n) is 18.8. The molecule has 0 bridgehead atoms. The van der Waals surface area contributed by atoms with Crippen LogP contribution in [-0.4, -0.2) is 24.3 Å². The van der Waals surface area contributed by atoms with Gasteiger partial charge >= 0.3 is 0 Å². The first-order valence-electron chi connectivity index (χ1n) is 11.9. The van der Waals surface area contributed by atoms with Gasteiger partial charge in [0, 0.05) is 29.4 Å². The number of methoxy groups -OCH3 is 1.